The van der Waals surface area contributed by atoms with Crippen LogP contribution in [0.25, 0.3) is 0 Å². The number of rotatable bonds is 5. The molecule has 8 heteroatoms. The van der Waals surface area contributed by atoms with Crippen LogP contribution in [0.15, 0.2) is 24.3 Å². The lowest BCUT2D eigenvalue weighted by Gasteiger charge is -2.20. The van der Waals surface area contributed by atoms with Crippen LogP contribution in [-0.4, -0.2) is 33.1 Å². The van der Waals surface area contributed by atoms with Crippen molar-refractivity contribution in [3.05, 3.63) is 40.9 Å². The van der Waals surface area contributed by atoms with Crippen molar-refractivity contribution < 1.29 is 9.59 Å². The Hall–Kier alpha value is -2.41. The van der Waals surface area contributed by atoms with Gasteiger partial charge < -0.3 is 14.8 Å². The minimum absolute atomic E-state index is 0.0585. The highest BCUT2D eigenvalue weighted by atomic mass is 35.5. The first-order valence-electron chi connectivity index (χ1n) is 10.3. The van der Waals surface area contributed by atoms with Crippen LogP contribution in [0.1, 0.15) is 56.7 Å². The van der Waals surface area contributed by atoms with Gasteiger partial charge in [-0.2, -0.15) is 0 Å². The topological polar surface area (TPSA) is 80.1 Å². The third kappa shape index (κ3) is 4.15. The Morgan fingerprint density at radius 3 is 2.97 bits per heavy atom. The van der Waals surface area contributed by atoms with E-state index in [1.165, 1.54) is 6.42 Å². The molecule has 0 radical (unpaired) electrons. The quantitative estimate of drug-likeness (QED) is 0.812. The van der Waals surface area contributed by atoms with Gasteiger partial charge in [-0.3, -0.25) is 9.59 Å². The lowest BCUT2D eigenvalue weighted by Crippen LogP contribution is -2.36. The van der Waals surface area contributed by atoms with Gasteiger partial charge in [-0.25, -0.2) is 0 Å². The van der Waals surface area contributed by atoms with E-state index in [-0.39, 0.29) is 30.2 Å². The average molecular weight is 416 g/mol. The van der Waals surface area contributed by atoms with Crippen molar-refractivity contribution in [2.75, 3.05) is 11.4 Å². The molecule has 7 nitrogen and oxygen atoms in total. The molecule has 0 aliphatic carbocycles. The molecule has 0 bridgehead atoms. The van der Waals surface area contributed by atoms with E-state index in [1.807, 2.05) is 19.1 Å². The molecule has 1 saturated heterocycles. The molecule has 3 heterocycles. The van der Waals surface area contributed by atoms with Crippen LogP contribution in [0.3, 0.4) is 0 Å². The van der Waals surface area contributed by atoms with E-state index in [2.05, 4.69) is 20.1 Å². The summed E-state index contributed by atoms with van der Waals surface area (Å²) in [6.45, 7) is 3.29. The Balaban J connectivity index is 1.46. The zero-order chi connectivity index (χ0) is 20.4. The maximum atomic E-state index is 13.0. The maximum absolute atomic E-state index is 13.0. The van der Waals surface area contributed by atoms with Crippen LogP contribution >= 0.6 is 11.6 Å². The fraction of sp³-hybridized carbons (Fsp3) is 0.524. The van der Waals surface area contributed by atoms with Gasteiger partial charge in [-0.05, 0) is 37.5 Å². The van der Waals surface area contributed by atoms with Gasteiger partial charge in [0.1, 0.15) is 5.82 Å². The minimum atomic E-state index is -0.387. The molecule has 1 N–H and O–H groups in total. The van der Waals surface area contributed by atoms with E-state index >= 15 is 0 Å². The predicted molar refractivity (Wildman–Crippen MR) is 111 cm³/mol. The summed E-state index contributed by atoms with van der Waals surface area (Å²) in [5.74, 6) is 1.28. The molecule has 1 fully saturated rings. The first kappa shape index (κ1) is 19.9. The van der Waals surface area contributed by atoms with Crippen LogP contribution in [0.5, 0.6) is 0 Å². The summed E-state index contributed by atoms with van der Waals surface area (Å²) >= 11 is 6.05. The smallest absolute Gasteiger partial charge is 0.227 e. The van der Waals surface area contributed by atoms with Crippen LogP contribution in [0.2, 0.25) is 5.02 Å². The van der Waals surface area contributed by atoms with Crippen LogP contribution in [-0.2, 0) is 22.6 Å². The summed E-state index contributed by atoms with van der Waals surface area (Å²) in [4.78, 5) is 27.1. The van der Waals surface area contributed by atoms with E-state index in [1.54, 1.807) is 17.0 Å². The number of nitrogens with one attached hydrogen (secondary N) is 1. The highest BCUT2D eigenvalue weighted by Gasteiger charge is 2.36. The normalized spacial score (nSPS) is 20.3. The van der Waals surface area contributed by atoms with Crippen molar-refractivity contribution in [2.45, 2.75) is 58.0 Å². The van der Waals surface area contributed by atoms with Gasteiger partial charge in [-0.15, -0.1) is 10.2 Å². The van der Waals surface area contributed by atoms with E-state index in [9.17, 15) is 9.59 Å². The maximum Gasteiger partial charge on any atom is 0.227 e. The number of anilines is 1. The third-order valence-corrected chi connectivity index (χ3v) is 6.03. The highest BCUT2D eigenvalue weighted by Crippen LogP contribution is 2.28. The van der Waals surface area contributed by atoms with Gasteiger partial charge >= 0.3 is 0 Å². The molecule has 2 atom stereocenters. The molecule has 29 heavy (non-hydrogen) atoms. The van der Waals surface area contributed by atoms with E-state index in [4.69, 9.17) is 11.6 Å². The van der Waals surface area contributed by atoms with Gasteiger partial charge in [0, 0.05) is 36.6 Å². The van der Waals surface area contributed by atoms with Gasteiger partial charge in [0.2, 0.25) is 11.8 Å². The molecule has 2 aliphatic rings. The van der Waals surface area contributed by atoms with Gasteiger partial charge in [0.15, 0.2) is 5.82 Å². The first-order valence-corrected chi connectivity index (χ1v) is 10.7. The zero-order valence-corrected chi connectivity index (χ0v) is 17.4. The fourth-order valence-corrected chi connectivity index (χ4v) is 4.37. The summed E-state index contributed by atoms with van der Waals surface area (Å²) < 4.78 is 2.17. The predicted octanol–water partition coefficient (Wildman–Crippen LogP) is 3.28. The zero-order valence-electron chi connectivity index (χ0n) is 16.6. The molecule has 0 spiro atoms. The lowest BCUT2D eigenvalue weighted by molar-refractivity contribution is -0.127. The number of halogens is 1. The summed E-state index contributed by atoms with van der Waals surface area (Å²) in [6, 6.07) is 6.97. The van der Waals surface area contributed by atoms with Gasteiger partial charge in [0.25, 0.3) is 0 Å². The monoisotopic (exact) mass is 415 g/mol. The summed E-state index contributed by atoms with van der Waals surface area (Å²) in [7, 11) is 0. The largest absolute Gasteiger partial charge is 0.346 e. The van der Waals surface area contributed by atoms with E-state index < -0.39 is 0 Å². The van der Waals surface area contributed by atoms with Crippen molar-refractivity contribution in [1.82, 2.24) is 20.1 Å². The van der Waals surface area contributed by atoms with Crippen molar-refractivity contribution in [3.8, 4) is 0 Å². The summed E-state index contributed by atoms with van der Waals surface area (Å²) in [5, 5.41) is 12.4. The Labute approximate surface area is 175 Å². The molecule has 0 saturated carbocycles. The Bertz CT molecular complexity index is 912. The SMILES string of the molecule is CCC(NC(=O)C1CC(=O)N(c2cccc(Cl)c2)C1)c1nnc2n1CCCCC2. The molecular formula is C21H26ClN5O2. The number of nitrogens with zero attached hydrogens (tertiary/aromatic N) is 4. The van der Waals surface area contributed by atoms with Crippen LogP contribution < -0.4 is 10.2 Å². The Morgan fingerprint density at radius 2 is 2.17 bits per heavy atom. The molecule has 2 aromatic rings. The number of aromatic nitrogens is 3. The van der Waals surface area contributed by atoms with E-state index in [0.717, 1.165) is 49.6 Å². The number of carbonyl (C=O) groups is 2. The highest BCUT2D eigenvalue weighted by molar-refractivity contribution is 6.31. The van der Waals surface area contributed by atoms with Crippen molar-refractivity contribution >= 4 is 29.1 Å². The minimum Gasteiger partial charge on any atom is -0.346 e. The number of hydrogen-bond acceptors (Lipinski definition) is 4. The average Bonchev–Trinajstić information content (AvgIpc) is 3.22. The number of carbonyl (C=O) groups excluding carboxylic acids is 2. The number of aryl methyl sites for hydroxylation is 1. The molecule has 2 unspecified atom stereocenters. The molecule has 1 aromatic carbocycles. The van der Waals surface area contributed by atoms with Crippen LogP contribution in [0, 0.1) is 5.92 Å². The first-order chi connectivity index (χ1) is 14.1. The lowest BCUT2D eigenvalue weighted by atomic mass is 10.1. The molecule has 4 rings (SSSR count). The van der Waals surface area contributed by atoms with Crippen LogP contribution in [0.4, 0.5) is 5.69 Å². The second-order valence-corrected chi connectivity index (χ2v) is 8.23. The van der Waals surface area contributed by atoms with Crippen molar-refractivity contribution in [2.24, 2.45) is 5.92 Å². The molecule has 154 valence electrons. The number of amides is 2. The number of fused-ring (bicyclic) bond motifs is 1. The van der Waals surface area contributed by atoms with E-state index in [0.29, 0.717) is 11.6 Å². The third-order valence-electron chi connectivity index (χ3n) is 5.79. The standard InChI is InChI=1S/C21H26ClN5O2/c1-2-17(20-25-24-18-9-4-3-5-10-26(18)20)23-21(29)14-11-19(28)27(13-14)16-8-6-7-15(22)12-16/h6-8,12,14,17H,2-5,9-11,13H2,1H3,(H,23,29). The Morgan fingerprint density at radius 1 is 1.31 bits per heavy atom. The second-order valence-electron chi connectivity index (χ2n) is 7.79. The summed E-state index contributed by atoms with van der Waals surface area (Å²) in [5.41, 5.74) is 0.729. The number of benzene rings is 1. The van der Waals surface area contributed by atoms with Gasteiger partial charge in [-0.1, -0.05) is 31.0 Å². The molecular weight excluding hydrogens is 390 g/mol. The second kappa shape index (κ2) is 8.53. The van der Waals surface area contributed by atoms with Crippen molar-refractivity contribution in [3.63, 3.8) is 0 Å². The fourth-order valence-electron chi connectivity index (χ4n) is 4.18. The molecule has 2 amide bonds. The molecule has 2 aliphatic heterocycles. The van der Waals surface area contributed by atoms with Gasteiger partial charge in [0.05, 0.1) is 12.0 Å². The molecule has 1 aromatic heterocycles. The number of hydrogen-bond donors (Lipinski definition) is 1. The Kier molecular flexibility index (Phi) is 5.85. The summed E-state index contributed by atoms with van der Waals surface area (Å²) in [6.07, 6.45) is 5.28. The van der Waals surface area contributed by atoms with Crippen molar-refractivity contribution in [1.29, 1.82) is 0 Å².